The van der Waals surface area contributed by atoms with Crippen molar-refractivity contribution in [3.8, 4) is 0 Å². The van der Waals surface area contributed by atoms with Gasteiger partial charge in [-0.05, 0) is 26.0 Å². The fourth-order valence-corrected chi connectivity index (χ4v) is 2.00. The van der Waals surface area contributed by atoms with Gasteiger partial charge in [-0.15, -0.1) is 0 Å². The van der Waals surface area contributed by atoms with Gasteiger partial charge in [0.05, 0.1) is 11.1 Å². The topological polar surface area (TPSA) is 107 Å². The molecular formula is C14H14N2O5. The van der Waals surface area contributed by atoms with Crippen molar-refractivity contribution in [1.29, 1.82) is 0 Å². The molecule has 1 aromatic carbocycles. The highest BCUT2D eigenvalue weighted by Gasteiger charge is 2.41. The van der Waals surface area contributed by atoms with Gasteiger partial charge in [-0.2, -0.15) is 0 Å². The number of nitrogens with two attached hydrogens (primary N) is 1. The molecular weight excluding hydrogens is 276 g/mol. The van der Waals surface area contributed by atoms with Crippen molar-refractivity contribution < 1.29 is 23.9 Å². The first-order valence-corrected chi connectivity index (χ1v) is 6.31. The van der Waals surface area contributed by atoms with Crippen molar-refractivity contribution >= 4 is 23.7 Å². The highest BCUT2D eigenvalue weighted by molar-refractivity contribution is 6.22. The highest BCUT2D eigenvalue weighted by Crippen LogP contribution is 2.24. The normalized spacial score (nSPS) is 16.4. The molecule has 0 spiro atoms. The lowest BCUT2D eigenvalue weighted by atomic mass is 10.1. The molecule has 3 amide bonds. The van der Waals surface area contributed by atoms with Crippen LogP contribution in [0.3, 0.4) is 0 Å². The zero-order valence-corrected chi connectivity index (χ0v) is 11.5. The molecule has 1 heterocycles. The monoisotopic (exact) mass is 290 g/mol. The molecule has 0 unspecified atom stereocenters. The molecule has 0 bridgehead atoms. The highest BCUT2D eigenvalue weighted by atomic mass is 16.5. The summed E-state index contributed by atoms with van der Waals surface area (Å²) >= 11 is 0. The SMILES string of the molecule is C[C@@H](OC(=O)[C@H](C)N1C(=O)c2ccccc2C1=O)C(N)=O. The van der Waals surface area contributed by atoms with Crippen LogP contribution in [0.25, 0.3) is 0 Å². The molecule has 1 aliphatic rings. The van der Waals surface area contributed by atoms with Crippen LogP contribution in [0.15, 0.2) is 24.3 Å². The Morgan fingerprint density at radius 1 is 1.10 bits per heavy atom. The minimum Gasteiger partial charge on any atom is -0.451 e. The Bertz CT molecular complexity index is 605. The molecule has 1 aliphatic heterocycles. The molecule has 2 rings (SSSR count). The maximum Gasteiger partial charge on any atom is 0.329 e. The summed E-state index contributed by atoms with van der Waals surface area (Å²) in [6, 6.07) is 5.15. The molecule has 110 valence electrons. The molecule has 2 N–H and O–H groups in total. The Labute approximate surface area is 120 Å². The number of carbonyl (C=O) groups excluding carboxylic acids is 4. The molecule has 7 nitrogen and oxygen atoms in total. The van der Waals surface area contributed by atoms with Crippen LogP contribution in [0.1, 0.15) is 34.6 Å². The third-order valence-corrected chi connectivity index (χ3v) is 3.25. The van der Waals surface area contributed by atoms with Gasteiger partial charge in [0.25, 0.3) is 17.7 Å². The summed E-state index contributed by atoms with van der Waals surface area (Å²) in [5.41, 5.74) is 5.48. The van der Waals surface area contributed by atoms with Crippen molar-refractivity contribution in [3.05, 3.63) is 35.4 Å². The van der Waals surface area contributed by atoms with Crippen LogP contribution in [0.5, 0.6) is 0 Å². The van der Waals surface area contributed by atoms with E-state index in [1.54, 1.807) is 12.1 Å². The lowest BCUT2D eigenvalue weighted by Gasteiger charge is -2.22. The maximum absolute atomic E-state index is 12.2. The largest absolute Gasteiger partial charge is 0.451 e. The molecule has 0 radical (unpaired) electrons. The number of amides is 3. The number of carbonyl (C=O) groups is 4. The minimum absolute atomic E-state index is 0.241. The number of fused-ring (bicyclic) bond motifs is 1. The predicted molar refractivity (Wildman–Crippen MR) is 71.2 cm³/mol. The Morgan fingerprint density at radius 3 is 2.00 bits per heavy atom. The molecule has 21 heavy (non-hydrogen) atoms. The average molecular weight is 290 g/mol. The molecule has 7 heteroatoms. The number of hydrogen-bond acceptors (Lipinski definition) is 5. The first kappa shape index (κ1) is 14.7. The summed E-state index contributed by atoms with van der Waals surface area (Å²) in [4.78, 5) is 48.0. The van der Waals surface area contributed by atoms with E-state index in [1.807, 2.05) is 0 Å². The summed E-state index contributed by atoms with van der Waals surface area (Å²) in [5, 5.41) is 0. The third kappa shape index (κ3) is 2.49. The Balaban J connectivity index is 2.20. The van der Waals surface area contributed by atoms with E-state index in [9.17, 15) is 19.2 Å². The molecule has 0 saturated carbocycles. The van der Waals surface area contributed by atoms with E-state index in [4.69, 9.17) is 10.5 Å². The minimum atomic E-state index is -1.14. The smallest absolute Gasteiger partial charge is 0.329 e. The fraction of sp³-hybridized carbons (Fsp3) is 0.286. The van der Waals surface area contributed by atoms with E-state index in [-0.39, 0.29) is 11.1 Å². The summed E-state index contributed by atoms with van der Waals surface area (Å²) in [6.07, 6.45) is -1.13. The summed E-state index contributed by atoms with van der Waals surface area (Å²) in [6.45, 7) is 2.67. The number of benzene rings is 1. The van der Waals surface area contributed by atoms with E-state index in [0.717, 1.165) is 4.90 Å². The van der Waals surface area contributed by atoms with Gasteiger partial charge in [0.15, 0.2) is 6.10 Å². The second-order valence-corrected chi connectivity index (χ2v) is 4.68. The quantitative estimate of drug-likeness (QED) is 0.624. The summed E-state index contributed by atoms with van der Waals surface area (Å²) < 4.78 is 4.82. The van der Waals surface area contributed by atoms with Crippen molar-refractivity contribution in [1.82, 2.24) is 4.90 Å². The zero-order chi connectivity index (χ0) is 15.7. The average Bonchev–Trinajstić information content (AvgIpc) is 2.70. The third-order valence-electron chi connectivity index (χ3n) is 3.25. The second kappa shape index (κ2) is 5.35. The lowest BCUT2D eigenvalue weighted by Crippen LogP contribution is -2.45. The number of imide groups is 1. The number of esters is 1. The molecule has 1 aromatic rings. The van der Waals surface area contributed by atoms with Crippen LogP contribution in [0.4, 0.5) is 0 Å². The zero-order valence-electron chi connectivity index (χ0n) is 11.5. The van der Waals surface area contributed by atoms with Gasteiger partial charge >= 0.3 is 5.97 Å². The van der Waals surface area contributed by atoms with E-state index in [0.29, 0.717) is 0 Å². The standard InChI is InChI=1S/C14H14N2O5/c1-7(14(20)21-8(2)11(15)17)16-12(18)9-5-3-4-6-10(9)13(16)19/h3-8H,1-2H3,(H2,15,17)/t7-,8+/m0/s1. The predicted octanol–water partition coefficient (Wildman–Crippen LogP) is 0.0881. The van der Waals surface area contributed by atoms with Crippen molar-refractivity contribution in [2.24, 2.45) is 5.73 Å². The van der Waals surface area contributed by atoms with E-state index in [2.05, 4.69) is 0 Å². The second-order valence-electron chi connectivity index (χ2n) is 4.68. The van der Waals surface area contributed by atoms with Crippen LogP contribution in [0, 0.1) is 0 Å². The molecule has 0 aromatic heterocycles. The van der Waals surface area contributed by atoms with Crippen LogP contribution < -0.4 is 5.73 Å². The number of rotatable bonds is 4. The number of primary amides is 1. The van der Waals surface area contributed by atoms with E-state index >= 15 is 0 Å². The van der Waals surface area contributed by atoms with Gasteiger partial charge in [-0.1, -0.05) is 12.1 Å². The Kier molecular flexibility index (Phi) is 3.75. The van der Waals surface area contributed by atoms with Crippen molar-refractivity contribution in [3.63, 3.8) is 0 Å². The number of hydrogen-bond donors (Lipinski definition) is 1. The first-order valence-electron chi connectivity index (χ1n) is 6.31. The first-order chi connectivity index (χ1) is 9.84. The fourth-order valence-electron chi connectivity index (χ4n) is 2.00. The molecule has 0 saturated heterocycles. The van der Waals surface area contributed by atoms with Gasteiger partial charge in [0, 0.05) is 0 Å². The van der Waals surface area contributed by atoms with Gasteiger partial charge < -0.3 is 10.5 Å². The molecule has 0 fully saturated rings. The van der Waals surface area contributed by atoms with Gasteiger partial charge in [0.2, 0.25) is 0 Å². The Morgan fingerprint density at radius 2 is 1.57 bits per heavy atom. The lowest BCUT2D eigenvalue weighted by molar-refractivity contribution is -0.157. The van der Waals surface area contributed by atoms with Crippen LogP contribution in [0.2, 0.25) is 0 Å². The van der Waals surface area contributed by atoms with E-state index in [1.165, 1.54) is 26.0 Å². The van der Waals surface area contributed by atoms with Gasteiger partial charge in [-0.25, -0.2) is 4.79 Å². The molecule has 0 aliphatic carbocycles. The summed E-state index contributed by atoms with van der Waals surface area (Å²) in [5.74, 6) is -2.80. The van der Waals surface area contributed by atoms with Gasteiger partial charge in [0.1, 0.15) is 6.04 Å². The van der Waals surface area contributed by atoms with E-state index < -0.39 is 35.8 Å². The number of ether oxygens (including phenoxy) is 1. The Hall–Kier alpha value is -2.70. The van der Waals surface area contributed by atoms with Crippen molar-refractivity contribution in [2.45, 2.75) is 26.0 Å². The van der Waals surface area contributed by atoms with Crippen molar-refractivity contribution in [2.75, 3.05) is 0 Å². The van der Waals surface area contributed by atoms with Gasteiger partial charge in [-0.3, -0.25) is 19.3 Å². The number of nitrogens with zero attached hydrogens (tertiary/aromatic N) is 1. The van der Waals surface area contributed by atoms with Crippen LogP contribution >= 0.6 is 0 Å². The van der Waals surface area contributed by atoms with Crippen LogP contribution in [-0.2, 0) is 14.3 Å². The molecule has 2 atom stereocenters. The van der Waals surface area contributed by atoms with Crippen LogP contribution in [-0.4, -0.2) is 40.7 Å². The maximum atomic E-state index is 12.2. The summed E-state index contributed by atoms with van der Waals surface area (Å²) in [7, 11) is 0.